The van der Waals surface area contributed by atoms with E-state index in [-0.39, 0.29) is 23.8 Å². The smallest absolute Gasteiger partial charge is 0.226 e. The molecule has 5 nitrogen and oxygen atoms in total. The second-order valence-electron chi connectivity index (χ2n) is 5.89. The minimum absolute atomic E-state index is 0.0198. The first-order valence-corrected chi connectivity index (χ1v) is 9.18. The van der Waals surface area contributed by atoms with E-state index in [1.807, 2.05) is 0 Å². The third-order valence-corrected chi connectivity index (χ3v) is 5.71. The predicted octanol–water partition coefficient (Wildman–Crippen LogP) is 2.31. The highest BCUT2D eigenvalue weighted by Gasteiger charge is 2.26. The lowest BCUT2D eigenvalue weighted by Crippen LogP contribution is -2.26. The van der Waals surface area contributed by atoms with Crippen molar-refractivity contribution >= 4 is 9.84 Å². The van der Waals surface area contributed by atoms with Gasteiger partial charge in [0.2, 0.25) is 5.89 Å². The van der Waals surface area contributed by atoms with Gasteiger partial charge in [-0.15, -0.1) is 0 Å². The van der Waals surface area contributed by atoms with Gasteiger partial charge in [-0.25, -0.2) is 17.2 Å². The average Bonchev–Trinajstić information content (AvgIpc) is 2.83. The number of sulfone groups is 1. The third-order valence-electron chi connectivity index (χ3n) is 3.82. The standard InChI is InChI=1S/C15H16F2N2O3S/c16-12-4-11(5-13(17)8-12)6-14-18-15(22-19-14)7-10-2-1-3-23(20,21)9-10/h4-5,8,10H,1-3,6-7,9H2. The number of hydrogen-bond donors (Lipinski definition) is 0. The van der Waals surface area contributed by atoms with E-state index in [4.69, 9.17) is 4.52 Å². The quantitative estimate of drug-likeness (QED) is 0.852. The SMILES string of the molecule is O=S1(=O)CCCC(Cc2nc(Cc3cc(F)cc(F)c3)no2)C1. The van der Waals surface area contributed by atoms with Crippen LogP contribution < -0.4 is 0 Å². The maximum Gasteiger partial charge on any atom is 0.226 e. The molecule has 0 N–H and O–H groups in total. The van der Waals surface area contributed by atoms with Gasteiger partial charge in [-0.05, 0) is 36.5 Å². The summed E-state index contributed by atoms with van der Waals surface area (Å²) in [5.74, 6) is -0.271. The highest BCUT2D eigenvalue weighted by molar-refractivity contribution is 7.91. The molecular weight excluding hydrogens is 326 g/mol. The van der Waals surface area contributed by atoms with E-state index in [1.54, 1.807) is 0 Å². The Morgan fingerprint density at radius 2 is 1.96 bits per heavy atom. The average molecular weight is 342 g/mol. The minimum Gasteiger partial charge on any atom is -0.339 e. The summed E-state index contributed by atoms with van der Waals surface area (Å²) >= 11 is 0. The van der Waals surface area contributed by atoms with Crippen molar-refractivity contribution in [2.45, 2.75) is 25.7 Å². The molecule has 0 amide bonds. The molecule has 1 fully saturated rings. The Balaban J connectivity index is 1.66. The van der Waals surface area contributed by atoms with E-state index in [1.165, 1.54) is 12.1 Å². The molecule has 0 bridgehead atoms. The van der Waals surface area contributed by atoms with Crippen LogP contribution in [-0.4, -0.2) is 30.1 Å². The van der Waals surface area contributed by atoms with Crippen LogP contribution in [0.15, 0.2) is 22.7 Å². The summed E-state index contributed by atoms with van der Waals surface area (Å²) in [6.07, 6.45) is 2.02. The van der Waals surface area contributed by atoms with Crippen LogP contribution in [-0.2, 0) is 22.7 Å². The number of aromatic nitrogens is 2. The van der Waals surface area contributed by atoms with Crippen molar-refractivity contribution in [2.75, 3.05) is 11.5 Å². The summed E-state index contributed by atoms with van der Waals surface area (Å²) in [4.78, 5) is 4.19. The molecule has 0 spiro atoms. The molecule has 1 saturated heterocycles. The zero-order valence-electron chi connectivity index (χ0n) is 12.3. The first-order chi connectivity index (χ1) is 10.9. The molecule has 1 aromatic carbocycles. The molecule has 1 aliphatic rings. The van der Waals surface area contributed by atoms with Crippen LogP contribution in [0.4, 0.5) is 8.78 Å². The van der Waals surface area contributed by atoms with Gasteiger partial charge in [-0.1, -0.05) is 5.16 Å². The van der Waals surface area contributed by atoms with Crippen molar-refractivity contribution in [1.29, 1.82) is 0 Å². The summed E-state index contributed by atoms with van der Waals surface area (Å²) in [6, 6.07) is 3.23. The Morgan fingerprint density at radius 1 is 1.22 bits per heavy atom. The van der Waals surface area contributed by atoms with Gasteiger partial charge < -0.3 is 4.52 Å². The van der Waals surface area contributed by atoms with E-state index >= 15 is 0 Å². The van der Waals surface area contributed by atoms with Crippen molar-refractivity contribution in [3.63, 3.8) is 0 Å². The molecule has 0 radical (unpaired) electrons. The predicted molar refractivity (Wildman–Crippen MR) is 78.5 cm³/mol. The normalized spacial score (nSPS) is 20.5. The van der Waals surface area contributed by atoms with Crippen LogP contribution in [0, 0.1) is 17.6 Å². The van der Waals surface area contributed by atoms with E-state index in [9.17, 15) is 17.2 Å². The molecule has 0 saturated carbocycles. The Morgan fingerprint density at radius 3 is 2.65 bits per heavy atom. The number of benzene rings is 1. The fraction of sp³-hybridized carbons (Fsp3) is 0.467. The maximum absolute atomic E-state index is 13.2. The zero-order valence-corrected chi connectivity index (χ0v) is 13.2. The van der Waals surface area contributed by atoms with E-state index in [0.29, 0.717) is 30.1 Å². The van der Waals surface area contributed by atoms with Gasteiger partial charge in [0.25, 0.3) is 0 Å². The summed E-state index contributed by atoms with van der Waals surface area (Å²) in [7, 11) is -2.98. The molecule has 1 unspecified atom stereocenters. The largest absolute Gasteiger partial charge is 0.339 e. The lowest BCUT2D eigenvalue weighted by molar-refractivity contribution is 0.346. The van der Waals surface area contributed by atoms with E-state index in [2.05, 4.69) is 10.1 Å². The van der Waals surface area contributed by atoms with Crippen LogP contribution in [0.3, 0.4) is 0 Å². The zero-order chi connectivity index (χ0) is 16.4. The minimum atomic E-state index is -2.98. The molecular formula is C15H16F2N2O3S. The van der Waals surface area contributed by atoms with Gasteiger partial charge in [-0.3, -0.25) is 0 Å². The highest BCUT2D eigenvalue weighted by Crippen LogP contribution is 2.22. The summed E-state index contributed by atoms with van der Waals surface area (Å²) < 4.78 is 54.7. The third kappa shape index (κ3) is 4.34. The fourth-order valence-electron chi connectivity index (χ4n) is 2.87. The highest BCUT2D eigenvalue weighted by atomic mass is 32.2. The summed E-state index contributed by atoms with van der Waals surface area (Å²) in [5.41, 5.74) is 0.412. The molecule has 2 heterocycles. The number of nitrogens with zero attached hydrogens (tertiary/aromatic N) is 2. The van der Waals surface area contributed by atoms with E-state index < -0.39 is 21.5 Å². The molecule has 0 aliphatic carbocycles. The number of halogens is 2. The second kappa shape index (κ2) is 6.35. The molecule has 1 aromatic heterocycles. The van der Waals surface area contributed by atoms with Crippen LogP contribution in [0.1, 0.15) is 30.1 Å². The summed E-state index contributed by atoms with van der Waals surface area (Å²) in [5, 5.41) is 3.79. The summed E-state index contributed by atoms with van der Waals surface area (Å²) in [6.45, 7) is 0. The van der Waals surface area contributed by atoms with Crippen molar-refractivity contribution < 1.29 is 21.7 Å². The Kier molecular flexibility index (Phi) is 4.43. The van der Waals surface area contributed by atoms with Gasteiger partial charge in [-0.2, -0.15) is 4.98 Å². The molecule has 8 heteroatoms. The van der Waals surface area contributed by atoms with Gasteiger partial charge in [0.05, 0.1) is 11.5 Å². The van der Waals surface area contributed by atoms with Crippen molar-refractivity contribution in [3.8, 4) is 0 Å². The molecule has 1 atom stereocenters. The topological polar surface area (TPSA) is 73.1 Å². The van der Waals surface area contributed by atoms with Crippen LogP contribution >= 0.6 is 0 Å². The van der Waals surface area contributed by atoms with Crippen molar-refractivity contribution in [1.82, 2.24) is 10.1 Å². The van der Waals surface area contributed by atoms with Crippen molar-refractivity contribution in [3.05, 3.63) is 47.1 Å². The number of hydrogen-bond acceptors (Lipinski definition) is 5. The van der Waals surface area contributed by atoms with Gasteiger partial charge in [0, 0.05) is 18.9 Å². The molecule has 23 heavy (non-hydrogen) atoms. The van der Waals surface area contributed by atoms with Gasteiger partial charge in [0.1, 0.15) is 11.6 Å². The van der Waals surface area contributed by atoms with Crippen LogP contribution in [0.5, 0.6) is 0 Å². The molecule has 1 aliphatic heterocycles. The second-order valence-corrected chi connectivity index (χ2v) is 8.11. The Labute approximate surface area is 132 Å². The van der Waals surface area contributed by atoms with Crippen LogP contribution in [0.25, 0.3) is 0 Å². The monoisotopic (exact) mass is 342 g/mol. The maximum atomic E-state index is 13.2. The Hall–Kier alpha value is -1.83. The lowest BCUT2D eigenvalue weighted by Gasteiger charge is -2.19. The molecule has 2 aromatic rings. The van der Waals surface area contributed by atoms with Gasteiger partial charge >= 0.3 is 0 Å². The Bertz CT molecular complexity index is 785. The van der Waals surface area contributed by atoms with E-state index in [0.717, 1.165) is 12.5 Å². The van der Waals surface area contributed by atoms with Crippen molar-refractivity contribution in [2.24, 2.45) is 5.92 Å². The lowest BCUT2D eigenvalue weighted by atomic mass is 10.0. The first kappa shape index (κ1) is 16.0. The fourth-order valence-corrected chi connectivity index (χ4v) is 4.64. The first-order valence-electron chi connectivity index (χ1n) is 7.36. The van der Waals surface area contributed by atoms with Crippen LogP contribution in [0.2, 0.25) is 0 Å². The molecule has 124 valence electrons. The van der Waals surface area contributed by atoms with Gasteiger partial charge in [0.15, 0.2) is 15.7 Å². The number of rotatable bonds is 4. The molecule has 3 rings (SSSR count).